The second-order valence-electron chi connectivity index (χ2n) is 24.8. The van der Waals surface area contributed by atoms with Crippen LogP contribution in [0.15, 0.2) is 261 Å². The number of benzene rings is 13. The molecule has 3 aliphatic carbocycles. The zero-order valence-corrected chi connectivity index (χ0v) is 47.3. The van der Waals surface area contributed by atoms with Crippen LogP contribution in [0, 0.1) is 0 Å². The fourth-order valence-electron chi connectivity index (χ4n) is 14.9. The Morgan fingerprint density at radius 2 is 0.524 bits per heavy atom. The normalized spacial score (nSPS) is 14.5. The predicted molar refractivity (Wildman–Crippen MR) is 348 cm³/mol. The van der Waals surface area contributed by atoms with Crippen LogP contribution >= 0.6 is 0 Å². The number of hydrogen-bond donors (Lipinski definition) is 0. The Morgan fingerprint density at radius 1 is 0.195 bits per heavy atom. The van der Waals surface area contributed by atoms with E-state index in [0.717, 1.165) is 5.69 Å². The van der Waals surface area contributed by atoms with Crippen LogP contribution in [0.4, 0.5) is 17.1 Å². The average Bonchev–Trinajstić information content (AvgIpc) is 4.16. The van der Waals surface area contributed by atoms with Crippen molar-refractivity contribution in [2.24, 2.45) is 0 Å². The number of hydrogen-bond acceptors (Lipinski definition) is 1. The van der Waals surface area contributed by atoms with Gasteiger partial charge >= 0.3 is 0 Å². The van der Waals surface area contributed by atoms with Crippen LogP contribution in [0.25, 0.3) is 110 Å². The number of rotatable bonds is 7. The van der Waals surface area contributed by atoms with E-state index in [4.69, 9.17) is 0 Å². The van der Waals surface area contributed by atoms with Crippen molar-refractivity contribution in [2.45, 2.75) is 57.8 Å². The lowest BCUT2D eigenvalue weighted by molar-refractivity contribution is 0.659. The average molecular weight is 1050 g/mol. The second-order valence-corrected chi connectivity index (χ2v) is 24.8. The maximum Gasteiger partial charge on any atom is 0.0465 e. The molecule has 0 saturated heterocycles. The van der Waals surface area contributed by atoms with Crippen LogP contribution in [0.2, 0.25) is 0 Å². The highest BCUT2D eigenvalue weighted by atomic mass is 15.1. The van der Waals surface area contributed by atoms with E-state index in [-0.39, 0.29) is 16.2 Å². The first kappa shape index (κ1) is 48.4. The van der Waals surface area contributed by atoms with Crippen molar-refractivity contribution in [3.8, 4) is 77.9 Å². The van der Waals surface area contributed by atoms with E-state index in [9.17, 15) is 0 Å². The summed E-state index contributed by atoms with van der Waals surface area (Å²) in [6, 6.07) is 98.7. The summed E-state index contributed by atoms with van der Waals surface area (Å²) in [5.74, 6) is 0. The van der Waals surface area contributed by atoms with Crippen LogP contribution in [-0.4, -0.2) is 0 Å². The van der Waals surface area contributed by atoms with Crippen molar-refractivity contribution >= 4 is 49.4 Å². The summed E-state index contributed by atoms with van der Waals surface area (Å²) in [6.07, 6.45) is 0. The maximum absolute atomic E-state index is 2.53. The van der Waals surface area contributed by atoms with Gasteiger partial charge < -0.3 is 4.90 Å². The minimum Gasteiger partial charge on any atom is -0.310 e. The highest BCUT2D eigenvalue weighted by Gasteiger charge is 2.40. The van der Waals surface area contributed by atoms with Gasteiger partial charge in [-0.2, -0.15) is 0 Å². The highest BCUT2D eigenvalue weighted by molar-refractivity contribution is 6.24. The number of nitrogens with zero attached hydrogens (tertiary/aromatic N) is 1. The minimum absolute atomic E-state index is 0.135. The van der Waals surface area contributed by atoms with Gasteiger partial charge in [0.1, 0.15) is 0 Å². The van der Waals surface area contributed by atoms with Crippen LogP contribution in [0.3, 0.4) is 0 Å². The molecule has 0 saturated carbocycles. The first-order valence-electron chi connectivity index (χ1n) is 29.1. The fraction of sp³-hybridized carbons (Fsp3) is 0.111. The molecule has 13 aromatic rings. The van der Waals surface area contributed by atoms with Crippen LogP contribution in [0.1, 0.15) is 74.9 Å². The standard InChI is InChI=1S/C81H61N/c1-79(2)73-31-19-17-29-63(73)66-38-34-56(45-76(66)79)82(57-35-39-67-64-30-18-20-32-74(64)80(3,4)77(67)46-57)58-36-40-68-65-37-33-52(44-75(65)81(5,6)78(68)47-58)69-48-71-62-28-16-14-26-60(62)70(49-72(71)61-27-15-13-25-59(61)69)55-42-53(50-21-9-7-10-22-50)41-54(43-55)51-23-11-8-12-24-51/h7-49H,1-6H3. The molecule has 0 fully saturated rings. The molecule has 0 amide bonds. The lowest BCUT2D eigenvalue weighted by Crippen LogP contribution is -2.19. The van der Waals surface area contributed by atoms with Gasteiger partial charge in [-0.05, 0) is 216 Å². The Balaban J connectivity index is 0.828. The van der Waals surface area contributed by atoms with Crippen molar-refractivity contribution in [2.75, 3.05) is 4.90 Å². The predicted octanol–water partition coefficient (Wildman–Crippen LogP) is 22.2. The molecule has 3 aliphatic rings. The van der Waals surface area contributed by atoms with Gasteiger partial charge in [-0.1, -0.05) is 230 Å². The molecule has 13 aromatic carbocycles. The molecule has 0 unspecified atom stereocenters. The summed E-state index contributed by atoms with van der Waals surface area (Å²) < 4.78 is 0. The summed E-state index contributed by atoms with van der Waals surface area (Å²) in [4.78, 5) is 2.53. The lowest BCUT2D eigenvalue weighted by atomic mass is 9.80. The Hall–Kier alpha value is -9.56. The topological polar surface area (TPSA) is 3.24 Å². The zero-order valence-electron chi connectivity index (χ0n) is 47.3. The van der Waals surface area contributed by atoms with E-state index in [2.05, 4.69) is 307 Å². The SMILES string of the molecule is CC1(C)c2ccccc2-c2ccc(N(c3ccc4c(c3)C(C)(C)c3ccccc3-4)c3ccc4c(c3)C(C)(C)c3cc(-c5cc6c7ccccc7c(-c7cc(-c8ccccc8)cc(-c8ccccc8)c7)cc6c6ccccc56)ccc3-4)cc21. The van der Waals surface area contributed by atoms with Crippen LogP contribution in [0.5, 0.6) is 0 Å². The summed E-state index contributed by atoms with van der Waals surface area (Å²) in [6.45, 7) is 14.4. The van der Waals surface area contributed by atoms with E-state index in [1.165, 1.54) is 155 Å². The van der Waals surface area contributed by atoms with Gasteiger partial charge in [0.25, 0.3) is 0 Å². The van der Waals surface area contributed by atoms with Crippen molar-refractivity contribution in [3.05, 3.63) is 294 Å². The Morgan fingerprint density at radius 3 is 0.976 bits per heavy atom. The smallest absolute Gasteiger partial charge is 0.0465 e. The first-order chi connectivity index (χ1) is 39.9. The Kier molecular flexibility index (Phi) is 10.4. The van der Waals surface area contributed by atoms with Gasteiger partial charge in [-0.15, -0.1) is 0 Å². The highest BCUT2D eigenvalue weighted by Crippen LogP contribution is 2.56. The third-order valence-electron chi connectivity index (χ3n) is 19.2. The quantitative estimate of drug-likeness (QED) is 0.144. The van der Waals surface area contributed by atoms with Gasteiger partial charge in [0, 0.05) is 33.3 Å². The monoisotopic (exact) mass is 1050 g/mol. The van der Waals surface area contributed by atoms with Gasteiger partial charge in [0.15, 0.2) is 0 Å². The van der Waals surface area contributed by atoms with Crippen molar-refractivity contribution < 1.29 is 0 Å². The summed E-state index contributed by atoms with van der Waals surface area (Å²) >= 11 is 0. The molecule has 0 aromatic heterocycles. The summed E-state index contributed by atoms with van der Waals surface area (Å²) in [5, 5.41) is 7.55. The van der Waals surface area contributed by atoms with Crippen LogP contribution < -0.4 is 4.90 Å². The molecular formula is C81H61N. The van der Waals surface area contributed by atoms with E-state index < -0.39 is 0 Å². The van der Waals surface area contributed by atoms with E-state index in [0.29, 0.717) is 0 Å². The third kappa shape index (κ3) is 7.12. The molecule has 0 radical (unpaired) electrons. The molecule has 0 N–H and O–H groups in total. The lowest BCUT2D eigenvalue weighted by Gasteiger charge is -2.31. The second kappa shape index (κ2) is 17.7. The molecule has 0 spiro atoms. The summed E-state index contributed by atoms with van der Waals surface area (Å²) in [5.41, 5.74) is 28.9. The van der Waals surface area contributed by atoms with Crippen molar-refractivity contribution in [1.82, 2.24) is 0 Å². The van der Waals surface area contributed by atoms with Gasteiger partial charge in [-0.3, -0.25) is 0 Å². The molecule has 1 heteroatoms. The first-order valence-corrected chi connectivity index (χ1v) is 29.1. The molecule has 0 aliphatic heterocycles. The molecule has 0 atom stereocenters. The fourth-order valence-corrected chi connectivity index (χ4v) is 14.9. The molecule has 0 bridgehead atoms. The zero-order chi connectivity index (χ0) is 55.2. The Bertz CT molecular complexity index is 4660. The van der Waals surface area contributed by atoms with Crippen LogP contribution in [-0.2, 0) is 16.2 Å². The summed E-state index contributed by atoms with van der Waals surface area (Å²) in [7, 11) is 0. The molecular weight excluding hydrogens is 987 g/mol. The van der Waals surface area contributed by atoms with Gasteiger partial charge in [0.2, 0.25) is 0 Å². The van der Waals surface area contributed by atoms with Gasteiger partial charge in [0.05, 0.1) is 0 Å². The Labute approximate surface area is 481 Å². The molecule has 82 heavy (non-hydrogen) atoms. The van der Waals surface area contributed by atoms with E-state index in [1.807, 2.05) is 0 Å². The largest absolute Gasteiger partial charge is 0.310 e. The van der Waals surface area contributed by atoms with Crippen molar-refractivity contribution in [3.63, 3.8) is 0 Å². The van der Waals surface area contributed by atoms with Crippen molar-refractivity contribution in [1.29, 1.82) is 0 Å². The van der Waals surface area contributed by atoms with E-state index in [1.54, 1.807) is 0 Å². The number of fused-ring (bicyclic) bond motifs is 14. The minimum atomic E-state index is -0.285. The van der Waals surface area contributed by atoms with E-state index >= 15 is 0 Å². The number of anilines is 3. The molecule has 1 nitrogen and oxygen atoms in total. The van der Waals surface area contributed by atoms with Gasteiger partial charge in [-0.25, -0.2) is 0 Å². The third-order valence-corrected chi connectivity index (χ3v) is 19.2. The maximum atomic E-state index is 2.53. The molecule has 16 rings (SSSR count). The molecule has 390 valence electrons. The molecule has 0 heterocycles.